The predicted molar refractivity (Wildman–Crippen MR) is 108 cm³/mol. The molecular formula is C21H24ClN3O2. The van der Waals surface area contributed by atoms with Gasteiger partial charge in [0.25, 0.3) is 0 Å². The molecular weight excluding hydrogens is 362 g/mol. The van der Waals surface area contributed by atoms with Gasteiger partial charge in [-0.2, -0.15) is 5.10 Å². The SMILES string of the molecule is COc1cccc(C(O)CNCc2c(C)nn(-c3ccc(Cl)cc3)c2C)c1. The number of aliphatic hydroxyl groups is 1. The molecule has 3 aromatic rings. The molecule has 27 heavy (non-hydrogen) atoms. The first-order valence-corrected chi connectivity index (χ1v) is 9.21. The van der Waals surface area contributed by atoms with Crippen molar-refractivity contribution in [2.75, 3.05) is 13.7 Å². The third-order valence-electron chi connectivity index (χ3n) is 4.63. The van der Waals surface area contributed by atoms with Crippen LogP contribution in [-0.2, 0) is 6.54 Å². The lowest BCUT2D eigenvalue weighted by Gasteiger charge is -2.13. The van der Waals surface area contributed by atoms with E-state index in [0.29, 0.717) is 18.1 Å². The van der Waals surface area contributed by atoms with Gasteiger partial charge in [-0.05, 0) is 55.8 Å². The van der Waals surface area contributed by atoms with Crippen LogP contribution in [0.4, 0.5) is 0 Å². The average molecular weight is 386 g/mol. The van der Waals surface area contributed by atoms with Crippen LogP contribution < -0.4 is 10.1 Å². The third-order valence-corrected chi connectivity index (χ3v) is 4.88. The van der Waals surface area contributed by atoms with Gasteiger partial charge in [-0.3, -0.25) is 0 Å². The van der Waals surface area contributed by atoms with Crippen molar-refractivity contribution < 1.29 is 9.84 Å². The summed E-state index contributed by atoms with van der Waals surface area (Å²) in [5.41, 5.74) is 4.96. The van der Waals surface area contributed by atoms with Gasteiger partial charge >= 0.3 is 0 Å². The van der Waals surface area contributed by atoms with Crippen molar-refractivity contribution in [1.29, 1.82) is 0 Å². The highest BCUT2D eigenvalue weighted by atomic mass is 35.5. The Morgan fingerprint density at radius 3 is 2.63 bits per heavy atom. The Kier molecular flexibility index (Phi) is 6.16. The fourth-order valence-electron chi connectivity index (χ4n) is 3.07. The van der Waals surface area contributed by atoms with Crippen LogP contribution in [0.15, 0.2) is 48.5 Å². The Bertz CT molecular complexity index is 906. The number of halogens is 1. The van der Waals surface area contributed by atoms with Gasteiger partial charge in [-0.25, -0.2) is 4.68 Å². The number of benzene rings is 2. The lowest BCUT2D eigenvalue weighted by molar-refractivity contribution is 0.174. The molecule has 5 nitrogen and oxygen atoms in total. The van der Waals surface area contributed by atoms with Crippen LogP contribution in [0.2, 0.25) is 5.02 Å². The Balaban J connectivity index is 1.66. The lowest BCUT2D eigenvalue weighted by atomic mass is 10.1. The summed E-state index contributed by atoms with van der Waals surface area (Å²) in [4.78, 5) is 0. The van der Waals surface area contributed by atoms with Crippen molar-refractivity contribution in [3.8, 4) is 11.4 Å². The number of aliphatic hydroxyl groups excluding tert-OH is 1. The van der Waals surface area contributed by atoms with E-state index in [-0.39, 0.29) is 0 Å². The van der Waals surface area contributed by atoms with E-state index in [1.807, 2.05) is 67.1 Å². The zero-order valence-corrected chi connectivity index (χ0v) is 16.5. The van der Waals surface area contributed by atoms with E-state index in [1.165, 1.54) is 0 Å². The number of aromatic nitrogens is 2. The van der Waals surface area contributed by atoms with Crippen LogP contribution in [-0.4, -0.2) is 28.5 Å². The Morgan fingerprint density at radius 1 is 1.19 bits per heavy atom. The smallest absolute Gasteiger partial charge is 0.119 e. The summed E-state index contributed by atoms with van der Waals surface area (Å²) < 4.78 is 7.13. The minimum Gasteiger partial charge on any atom is -0.497 e. The summed E-state index contributed by atoms with van der Waals surface area (Å²) in [6, 6.07) is 15.1. The van der Waals surface area contributed by atoms with E-state index in [0.717, 1.165) is 34.0 Å². The van der Waals surface area contributed by atoms with Crippen LogP contribution in [0.25, 0.3) is 5.69 Å². The second-order valence-corrected chi connectivity index (χ2v) is 6.90. The fourth-order valence-corrected chi connectivity index (χ4v) is 3.19. The van der Waals surface area contributed by atoms with Gasteiger partial charge < -0.3 is 15.2 Å². The van der Waals surface area contributed by atoms with Crippen molar-refractivity contribution in [3.05, 3.63) is 76.1 Å². The highest BCUT2D eigenvalue weighted by Gasteiger charge is 2.14. The number of ether oxygens (including phenoxy) is 1. The summed E-state index contributed by atoms with van der Waals surface area (Å²) in [5, 5.41) is 19.1. The number of hydrogen-bond acceptors (Lipinski definition) is 4. The molecule has 0 amide bonds. The quantitative estimate of drug-likeness (QED) is 0.646. The maximum Gasteiger partial charge on any atom is 0.119 e. The highest BCUT2D eigenvalue weighted by Crippen LogP contribution is 2.21. The monoisotopic (exact) mass is 385 g/mol. The Labute approximate surface area is 164 Å². The molecule has 0 aliphatic heterocycles. The molecule has 0 radical (unpaired) electrons. The maximum atomic E-state index is 10.4. The van der Waals surface area contributed by atoms with Crippen LogP contribution in [0.3, 0.4) is 0 Å². The van der Waals surface area contributed by atoms with E-state index in [1.54, 1.807) is 7.11 Å². The number of nitrogens with zero attached hydrogens (tertiary/aromatic N) is 2. The summed E-state index contributed by atoms with van der Waals surface area (Å²) >= 11 is 5.97. The van der Waals surface area contributed by atoms with Crippen molar-refractivity contribution in [2.45, 2.75) is 26.5 Å². The van der Waals surface area contributed by atoms with Gasteiger partial charge in [0.15, 0.2) is 0 Å². The molecule has 1 atom stereocenters. The first kappa shape index (κ1) is 19.4. The summed E-state index contributed by atoms with van der Waals surface area (Å²) in [6.07, 6.45) is -0.605. The molecule has 3 rings (SSSR count). The van der Waals surface area contributed by atoms with E-state index in [4.69, 9.17) is 16.3 Å². The zero-order valence-electron chi connectivity index (χ0n) is 15.7. The molecule has 6 heteroatoms. The van der Waals surface area contributed by atoms with Gasteiger partial charge in [-0.15, -0.1) is 0 Å². The van der Waals surface area contributed by atoms with Crippen LogP contribution in [0.1, 0.15) is 28.6 Å². The predicted octanol–water partition coefficient (Wildman–Crippen LogP) is 3.97. The fraction of sp³-hybridized carbons (Fsp3) is 0.286. The largest absolute Gasteiger partial charge is 0.497 e. The standard InChI is InChI=1S/C21H24ClN3O2/c1-14-20(15(2)25(24-14)18-9-7-17(22)8-10-18)12-23-13-21(26)16-5-4-6-19(11-16)27-3/h4-11,21,23,26H,12-13H2,1-3H3. The molecule has 2 N–H and O–H groups in total. The van der Waals surface area contributed by atoms with E-state index in [9.17, 15) is 5.11 Å². The molecule has 1 heterocycles. The van der Waals surface area contributed by atoms with Crippen molar-refractivity contribution in [3.63, 3.8) is 0 Å². The van der Waals surface area contributed by atoms with Gasteiger partial charge in [-0.1, -0.05) is 23.7 Å². The zero-order chi connectivity index (χ0) is 19.4. The molecule has 2 aromatic carbocycles. The molecule has 142 valence electrons. The summed E-state index contributed by atoms with van der Waals surface area (Å²) in [7, 11) is 1.62. The Hall–Kier alpha value is -2.34. The molecule has 0 saturated carbocycles. The molecule has 0 bridgehead atoms. The minimum absolute atomic E-state index is 0.443. The minimum atomic E-state index is -0.605. The highest BCUT2D eigenvalue weighted by molar-refractivity contribution is 6.30. The number of nitrogens with one attached hydrogen (secondary N) is 1. The molecule has 0 aliphatic carbocycles. The molecule has 0 spiro atoms. The summed E-state index contributed by atoms with van der Waals surface area (Å²) in [6.45, 7) is 5.11. The van der Waals surface area contributed by atoms with Crippen LogP contribution in [0.5, 0.6) is 5.75 Å². The number of aryl methyl sites for hydroxylation is 1. The number of hydrogen-bond donors (Lipinski definition) is 2. The van der Waals surface area contributed by atoms with Gasteiger partial charge in [0.05, 0.1) is 24.6 Å². The van der Waals surface area contributed by atoms with E-state index >= 15 is 0 Å². The first-order chi connectivity index (χ1) is 13.0. The second-order valence-electron chi connectivity index (χ2n) is 6.46. The van der Waals surface area contributed by atoms with Crippen molar-refractivity contribution in [1.82, 2.24) is 15.1 Å². The third kappa shape index (κ3) is 4.50. The molecule has 1 aromatic heterocycles. The van der Waals surface area contributed by atoms with E-state index in [2.05, 4.69) is 10.4 Å². The first-order valence-electron chi connectivity index (χ1n) is 8.83. The Morgan fingerprint density at radius 2 is 1.93 bits per heavy atom. The van der Waals surface area contributed by atoms with Gasteiger partial charge in [0, 0.05) is 29.4 Å². The average Bonchev–Trinajstić information content (AvgIpc) is 2.96. The molecule has 0 fully saturated rings. The lowest BCUT2D eigenvalue weighted by Crippen LogP contribution is -2.21. The summed E-state index contributed by atoms with van der Waals surface area (Å²) in [5.74, 6) is 0.738. The van der Waals surface area contributed by atoms with Gasteiger partial charge in [0.1, 0.15) is 5.75 Å². The molecule has 0 aliphatic rings. The maximum absolute atomic E-state index is 10.4. The number of rotatable bonds is 7. The van der Waals surface area contributed by atoms with Crippen molar-refractivity contribution in [2.24, 2.45) is 0 Å². The molecule has 1 unspecified atom stereocenters. The van der Waals surface area contributed by atoms with E-state index < -0.39 is 6.10 Å². The van der Waals surface area contributed by atoms with Gasteiger partial charge in [0.2, 0.25) is 0 Å². The second kappa shape index (κ2) is 8.57. The number of methoxy groups -OCH3 is 1. The van der Waals surface area contributed by atoms with Crippen LogP contribution in [0, 0.1) is 13.8 Å². The van der Waals surface area contributed by atoms with Crippen LogP contribution >= 0.6 is 11.6 Å². The normalized spacial score (nSPS) is 12.2. The topological polar surface area (TPSA) is 59.3 Å². The van der Waals surface area contributed by atoms with Crippen molar-refractivity contribution >= 4 is 11.6 Å². The molecule has 0 saturated heterocycles.